The van der Waals surface area contributed by atoms with E-state index in [1.807, 2.05) is 30.3 Å². The molecule has 0 aliphatic heterocycles. The van der Waals surface area contributed by atoms with E-state index in [1.165, 1.54) is 0 Å². The molecule has 0 spiro atoms. The third-order valence-electron chi connectivity index (χ3n) is 2.22. The summed E-state index contributed by atoms with van der Waals surface area (Å²) in [6, 6.07) is 12.6. The minimum absolute atomic E-state index is 0.845. The van der Waals surface area contributed by atoms with Gasteiger partial charge in [-0.15, -0.1) is 0 Å². The number of hydrogen-bond acceptors (Lipinski definition) is 2. The summed E-state index contributed by atoms with van der Waals surface area (Å²) >= 11 is 0. The maximum absolute atomic E-state index is 5.26. The van der Waals surface area contributed by atoms with Crippen molar-refractivity contribution < 1.29 is 9.47 Å². The summed E-state index contributed by atoms with van der Waals surface area (Å²) in [4.78, 5) is 0. The standard InChI is InChI=1S/C12H11O2/c1-13-11-7-8-12(14-2)10-6-4-3-5-9(10)11/h3,5-8H,1-2H3. The molecule has 2 rings (SSSR count). The van der Waals surface area contributed by atoms with Crippen LogP contribution in [0.3, 0.4) is 0 Å². The normalized spacial score (nSPS) is 10.1. The van der Waals surface area contributed by atoms with Crippen LogP contribution >= 0.6 is 0 Å². The topological polar surface area (TPSA) is 18.5 Å². The van der Waals surface area contributed by atoms with Gasteiger partial charge in [-0.3, -0.25) is 0 Å². The largest absolute Gasteiger partial charge is 0.496 e. The molecule has 0 bridgehead atoms. The molecule has 0 heterocycles. The molecule has 0 fully saturated rings. The Morgan fingerprint density at radius 3 is 2.21 bits per heavy atom. The van der Waals surface area contributed by atoms with Gasteiger partial charge in [0.25, 0.3) is 0 Å². The van der Waals surface area contributed by atoms with Crippen LogP contribution in [0.15, 0.2) is 30.3 Å². The average Bonchev–Trinajstić information content (AvgIpc) is 2.27. The fraction of sp³-hybridized carbons (Fsp3) is 0.167. The van der Waals surface area contributed by atoms with E-state index in [-0.39, 0.29) is 0 Å². The number of fused-ring (bicyclic) bond motifs is 1. The lowest BCUT2D eigenvalue weighted by Crippen LogP contribution is -1.88. The molecule has 71 valence electrons. The van der Waals surface area contributed by atoms with E-state index in [4.69, 9.17) is 9.47 Å². The SMILES string of the molecule is COc1ccc(OC)c2cc[c]cc12. The zero-order chi connectivity index (χ0) is 9.97. The Bertz CT molecular complexity index is 407. The highest BCUT2D eigenvalue weighted by Gasteiger charge is 2.04. The Labute approximate surface area is 83.1 Å². The zero-order valence-electron chi connectivity index (χ0n) is 8.20. The van der Waals surface area contributed by atoms with E-state index in [2.05, 4.69) is 6.07 Å². The van der Waals surface area contributed by atoms with Crippen molar-refractivity contribution in [2.75, 3.05) is 14.2 Å². The fourth-order valence-corrected chi connectivity index (χ4v) is 1.54. The lowest BCUT2D eigenvalue weighted by Gasteiger charge is -2.08. The van der Waals surface area contributed by atoms with Gasteiger partial charge in [-0.2, -0.15) is 0 Å². The molecule has 2 nitrogen and oxygen atoms in total. The molecule has 1 radical (unpaired) electrons. The second-order valence-electron chi connectivity index (χ2n) is 2.94. The molecule has 0 unspecified atom stereocenters. The van der Waals surface area contributed by atoms with E-state index in [9.17, 15) is 0 Å². The van der Waals surface area contributed by atoms with Crippen LogP contribution < -0.4 is 9.47 Å². The van der Waals surface area contributed by atoms with Crippen molar-refractivity contribution in [3.8, 4) is 11.5 Å². The Morgan fingerprint density at radius 1 is 0.929 bits per heavy atom. The quantitative estimate of drug-likeness (QED) is 0.719. The molecule has 0 aliphatic carbocycles. The van der Waals surface area contributed by atoms with Crippen molar-refractivity contribution in [3.05, 3.63) is 36.4 Å². The first-order valence-electron chi connectivity index (χ1n) is 4.37. The molecule has 0 saturated heterocycles. The Morgan fingerprint density at radius 2 is 1.57 bits per heavy atom. The number of rotatable bonds is 2. The molecular weight excluding hydrogens is 176 g/mol. The van der Waals surface area contributed by atoms with Crippen molar-refractivity contribution in [3.63, 3.8) is 0 Å². The Hall–Kier alpha value is -1.70. The predicted octanol–water partition coefficient (Wildman–Crippen LogP) is 2.66. The van der Waals surface area contributed by atoms with Crippen LogP contribution in [0.4, 0.5) is 0 Å². The third kappa shape index (κ3) is 1.29. The van der Waals surface area contributed by atoms with E-state index < -0.39 is 0 Å². The summed E-state index contributed by atoms with van der Waals surface area (Å²) < 4.78 is 10.5. The number of ether oxygens (including phenoxy) is 2. The van der Waals surface area contributed by atoms with Crippen LogP contribution in [-0.4, -0.2) is 14.2 Å². The predicted molar refractivity (Wildman–Crippen MR) is 55.9 cm³/mol. The van der Waals surface area contributed by atoms with E-state index in [1.54, 1.807) is 14.2 Å². The average molecular weight is 187 g/mol. The molecule has 0 N–H and O–H groups in total. The van der Waals surface area contributed by atoms with Gasteiger partial charge in [-0.1, -0.05) is 6.07 Å². The molecule has 2 aromatic rings. The second kappa shape index (κ2) is 3.58. The zero-order valence-corrected chi connectivity index (χ0v) is 8.20. The van der Waals surface area contributed by atoms with Crippen LogP contribution in [0.1, 0.15) is 0 Å². The summed E-state index contributed by atoms with van der Waals surface area (Å²) in [5.41, 5.74) is 0. The minimum atomic E-state index is 0.845. The summed E-state index contributed by atoms with van der Waals surface area (Å²) in [7, 11) is 3.33. The molecular formula is C12H11O2. The van der Waals surface area contributed by atoms with Crippen LogP contribution in [-0.2, 0) is 0 Å². The van der Waals surface area contributed by atoms with Gasteiger partial charge in [0, 0.05) is 10.8 Å². The van der Waals surface area contributed by atoms with Gasteiger partial charge in [-0.25, -0.2) is 0 Å². The summed E-state index contributed by atoms with van der Waals surface area (Å²) in [5, 5.41) is 2.07. The lowest BCUT2D eigenvalue weighted by atomic mass is 10.1. The molecule has 0 saturated carbocycles. The van der Waals surface area contributed by atoms with Gasteiger partial charge in [0.05, 0.1) is 14.2 Å². The van der Waals surface area contributed by atoms with Crippen molar-refractivity contribution in [1.82, 2.24) is 0 Å². The van der Waals surface area contributed by atoms with Gasteiger partial charge >= 0.3 is 0 Å². The summed E-state index contributed by atoms with van der Waals surface area (Å²) in [6.45, 7) is 0. The van der Waals surface area contributed by atoms with Crippen molar-refractivity contribution >= 4 is 10.8 Å². The first-order chi connectivity index (χ1) is 6.86. The molecule has 14 heavy (non-hydrogen) atoms. The highest BCUT2D eigenvalue weighted by atomic mass is 16.5. The fourth-order valence-electron chi connectivity index (χ4n) is 1.54. The Balaban J connectivity index is 2.78. The smallest absolute Gasteiger partial charge is 0.126 e. The van der Waals surface area contributed by atoms with Gasteiger partial charge in [0.15, 0.2) is 0 Å². The van der Waals surface area contributed by atoms with Gasteiger partial charge in [0.1, 0.15) is 11.5 Å². The van der Waals surface area contributed by atoms with Gasteiger partial charge < -0.3 is 9.47 Å². The van der Waals surface area contributed by atoms with Crippen LogP contribution in [0.5, 0.6) is 11.5 Å². The summed E-state index contributed by atoms with van der Waals surface area (Å²) in [6.07, 6.45) is 0. The first-order valence-corrected chi connectivity index (χ1v) is 4.37. The highest BCUT2D eigenvalue weighted by molar-refractivity contribution is 5.93. The van der Waals surface area contributed by atoms with Gasteiger partial charge in [-0.05, 0) is 30.3 Å². The molecule has 2 heteroatoms. The van der Waals surface area contributed by atoms with Crippen LogP contribution in [0, 0.1) is 6.07 Å². The lowest BCUT2D eigenvalue weighted by molar-refractivity contribution is 0.410. The maximum atomic E-state index is 5.26. The molecule has 0 aliphatic rings. The maximum Gasteiger partial charge on any atom is 0.126 e. The van der Waals surface area contributed by atoms with Crippen molar-refractivity contribution in [2.45, 2.75) is 0 Å². The Kier molecular flexibility index (Phi) is 2.27. The number of benzene rings is 2. The van der Waals surface area contributed by atoms with Crippen molar-refractivity contribution in [1.29, 1.82) is 0 Å². The van der Waals surface area contributed by atoms with E-state index in [0.29, 0.717) is 0 Å². The second-order valence-corrected chi connectivity index (χ2v) is 2.94. The molecule has 2 aromatic carbocycles. The monoisotopic (exact) mass is 187 g/mol. The van der Waals surface area contributed by atoms with Crippen molar-refractivity contribution in [2.24, 2.45) is 0 Å². The molecule has 0 aromatic heterocycles. The molecule has 0 amide bonds. The highest BCUT2D eigenvalue weighted by Crippen LogP contribution is 2.32. The molecule has 0 atom stereocenters. The van der Waals surface area contributed by atoms with Gasteiger partial charge in [0.2, 0.25) is 0 Å². The third-order valence-corrected chi connectivity index (χ3v) is 2.22. The van der Waals surface area contributed by atoms with Crippen LogP contribution in [0.25, 0.3) is 10.8 Å². The first kappa shape index (κ1) is 8.88. The van der Waals surface area contributed by atoms with E-state index >= 15 is 0 Å². The number of hydrogen-bond donors (Lipinski definition) is 0. The van der Waals surface area contributed by atoms with Crippen LogP contribution in [0.2, 0.25) is 0 Å². The number of methoxy groups -OCH3 is 2. The van der Waals surface area contributed by atoms with E-state index in [0.717, 1.165) is 22.3 Å². The minimum Gasteiger partial charge on any atom is -0.496 e. The summed E-state index contributed by atoms with van der Waals surface area (Å²) in [5.74, 6) is 1.70.